The molecule has 0 aromatic heterocycles. The zero-order chi connectivity index (χ0) is 16.8. The number of nitrogens with zero attached hydrogens (tertiary/aromatic N) is 1. The Labute approximate surface area is 143 Å². The molecule has 2 aromatic rings. The predicted octanol–water partition coefficient (Wildman–Crippen LogP) is 3.89. The van der Waals surface area contributed by atoms with Crippen molar-refractivity contribution in [3.63, 3.8) is 0 Å². The second kappa shape index (κ2) is 7.73. The van der Waals surface area contributed by atoms with Gasteiger partial charge in [0.05, 0.1) is 23.8 Å². The molecule has 7 heteroatoms. The summed E-state index contributed by atoms with van der Waals surface area (Å²) in [6.07, 6.45) is 0. The first-order valence-electron chi connectivity index (χ1n) is 6.49. The first-order valence-corrected chi connectivity index (χ1v) is 7.25. The molecular weight excluding hydrogens is 339 g/mol. The molecule has 118 valence electrons. The number of carbonyl (C=O) groups is 1. The van der Waals surface area contributed by atoms with E-state index in [4.69, 9.17) is 37.9 Å². The van der Waals surface area contributed by atoms with E-state index in [1.807, 2.05) is 6.07 Å². The van der Waals surface area contributed by atoms with Gasteiger partial charge in [0, 0.05) is 16.8 Å². The van der Waals surface area contributed by atoms with Gasteiger partial charge in [-0.25, -0.2) is 0 Å². The van der Waals surface area contributed by atoms with Crippen LogP contribution in [0.4, 0.5) is 5.69 Å². The molecule has 0 fully saturated rings. The first kappa shape index (κ1) is 16.9. The number of methoxy groups -OCH3 is 1. The van der Waals surface area contributed by atoms with Gasteiger partial charge in [0.1, 0.15) is 0 Å². The van der Waals surface area contributed by atoms with Gasteiger partial charge in [0.15, 0.2) is 18.1 Å². The van der Waals surface area contributed by atoms with Crippen molar-refractivity contribution in [2.75, 3.05) is 19.0 Å². The third-order valence-corrected chi connectivity index (χ3v) is 3.33. The van der Waals surface area contributed by atoms with Gasteiger partial charge in [-0.1, -0.05) is 29.3 Å². The van der Waals surface area contributed by atoms with Gasteiger partial charge in [-0.3, -0.25) is 4.79 Å². The van der Waals surface area contributed by atoms with E-state index in [0.29, 0.717) is 16.3 Å². The fourth-order valence-electron chi connectivity index (χ4n) is 1.83. The number of amides is 1. The zero-order valence-electron chi connectivity index (χ0n) is 12.1. The Kier molecular flexibility index (Phi) is 5.69. The normalized spacial score (nSPS) is 9.83. The van der Waals surface area contributed by atoms with Gasteiger partial charge in [-0.05, 0) is 24.3 Å². The Morgan fingerprint density at radius 3 is 2.74 bits per heavy atom. The van der Waals surface area contributed by atoms with Crippen molar-refractivity contribution in [1.29, 1.82) is 5.26 Å². The van der Waals surface area contributed by atoms with E-state index >= 15 is 0 Å². The quantitative estimate of drug-likeness (QED) is 0.887. The van der Waals surface area contributed by atoms with E-state index in [0.717, 1.165) is 0 Å². The molecule has 0 heterocycles. The minimum Gasteiger partial charge on any atom is -0.493 e. The lowest BCUT2D eigenvalue weighted by Crippen LogP contribution is -2.20. The van der Waals surface area contributed by atoms with Crippen LogP contribution in [0.15, 0.2) is 36.4 Å². The van der Waals surface area contributed by atoms with Crippen LogP contribution in [0.2, 0.25) is 10.0 Å². The lowest BCUT2D eigenvalue weighted by Gasteiger charge is -2.12. The molecule has 1 amide bonds. The number of hydrogen-bond donors (Lipinski definition) is 1. The Morgan fingerprint density at radius 1 is 1.30 bits per heavy atom. The molecule has 0 aliphatic rings. The van der Waals surface area contributed by atoms with Crippen LogP contribution in [0, 0.1) is 11.3 Å². The summed E-state index contributed by atoms with van der Waals surface area (Å²) in [5.74, 6) is 0.105. The average Bonchev–Trinajstić information content (AvgIpc) is 2.52. The fraction of sp³-hybridized carbons (Fsp3) is 0.125. The van der Waals surface area contributed by atoms with Crippen molar-refractivity contribution in [2.45, 2.75) is 0 Å². The summed E-state index contributed by atoms with van der Waals surface area (Å²) < 4.78 is 10.5. The number of nitrogens with one attached hydrogen (secondary N) is 1. The SMILES string of the molecule is COc1cc(C#N)cc(Cl)c1OCC(=O)Nc1cccc(Cl)c1. The molecular formula is C16H12Cl2N2O3. The minimum absolute atomic E-state index is 0.191. The molecule has 23 heavy (non-hydrogen) atoms. The molecule has 0 unspecified atom stereocenters. The highest BCUT2D eigenvalue weighted by Crippen LogP contribution is 2.36. The third kappa shape index (κ3) is 4.52. The minimum atomic E-state index is -0.380. The summed E-state index contributed by atoms with van der Waals surface area (Å²) in [5, 5.41) is 12.3. The van der Waals surface area contributed by atoms with Crippen LogP contribution in [-0.2, 0) is 4.79 Å². The first-order chi connectivity index (χ1) is 11.0. The lowest BCUT2D eigenvalue weighted by molar-refractivity contribution is -0.118. The van der Waals surface area contributed by atoms with Crippen LogP contribution in [-0.4, -0.2) is 19.6 Å². The number of hydrogen-bond acceptors (Lipinski definition) is 4. The Hall–Kier alpha value is -2.42. The molecule has 1 N–H and O–H groups in total. The molecule has 0 bridgehead atoms. The zero-order valence-corrected chi connectivity index (χ0v) is 13.6. The molecule has 0 radical (unpaired) electrons. The Balaban J connectivity index is 2.06. The fourth-order valence-corrected chi connectivity index (χ4v) is 2.28. The van der Waals surface area contributed by atoms with E-state index in [9.17, 15) is 4.79 Å². The molecule has 0 spiro atoms. The highest BCUT2D eigenvalue weighted by molar-refractivity contribution is 6.32. The van der Waals surface area contributed by atoms with E-state index < -0.39 is 0 Å². The van der Waals surface area contributed by atoms with E-state index in [1.54, 1.807) is 24.3 Å². The molecule has 5 nitrogen and oxygen atoms in total. The number of halogens is 2. The van der Waals surface area contributed by atoms with Crippen LogP contribution in [0.5, 0.6) is 11.5 Å². The standard InChI is InChI=1S/C16H12Cl2N2O3/c1-22-14-6-10(8-19)5-13(18)16(14)23-9-15(21)20-12-4-2-3-11(17)7-12/h2-7H,9H2,1H3,(H,20,21). The van der Waals surface area contributed by atoms with Gasteiger partial charge < -0.3 is 14.8 Å². The van der Waals surface area contributed by atoms with Gasteiger partial charge in [0.25, 0.3) is 5.91 Å². The largest absolute Gasteiger partial charge is 0.493 e. The van der Waals surface area contributed by atoms with Gasteiger partial charge >= 0.3 is 0 Å². The number of nitriles is 1. The van der Waals surface area contributed by atoms with Crippen LogP contribution < -0.4 is 14.8 Å². The topological polar surface area (TPSA) is 71.3 Å². The van der Waals surface area contributed by atoms with Crippen LogP contribution in [0.25, 0.3) is 0 Å². The van der Waals surface area contributed by atoms with Crippen molar-refractivity contribution >= 4 is 34.8 Å². The van der Waals surface area contributed by atoms with Crippen molar-refractivity contribution in [2.24, 2.45) is 0 Å². The van der Waals surface area contributed by atoms with E-state index in [-0.39, 0.29) is 29.0 Å². The van der Waals surface area contributed by atoms with Crippen molar-refractivity contribution in [3.05, 3.63) is 52.0 Å². The smallest absolute Gasteiger partial charge is 0.262 e. The highest BCUT2D eigenvalue weighted by Gasteiger charge is 2.14. The molecule has 0 aliphatic heterocycles. The number of rotatable bonds is 5. The van der Waals surface area contributed by atoms with Crippen LogP contribution in [0.3, 0.4) is 0 Å². The van der Waals surface area contributed by atoms with Gasteiger partial charge in [-0.2, -0.15) is 5.26 Å². The van der Waals surface area contributed by atoms with Crippen molar-refractivity contribution in [1.82, 2.24) is 0 Å². The molecule has 0 aliphatic carbocycles. The molecule has 2 rings (SSSR count). The van der Waals surface area contributed by atoms with E-state index in [1.165, 1.54) is 19.2 Å². The molecule has 0 saturated heterocycles. The number of anilines is 1. The van der Waals surface area contributed by atoms with Crippen molar-refractivity contribution < 1.29 is 14.3 Å². The Bertz CT molecular complexity index is 772. The number of ether oxygens (including phenoxy) is 2. The average molecular weight is 351 g/mol. The maximum absolute atomic E-state index is 11.9. The third-order valence-electron chi connectivity index (χ3n) is 2.81. The summed E-state index contributed by atoms with van der Waals surface area (Å²) >= 11 is 11.9. The summed E-state index contributed by atoms with van der Waals surface area (Å²) in [6, 6.07) is 11.6. The predicted molar refractivity (Wildman–Crippen MR) is 88.3 cm³/mol. The number of carbonyl (C=O) groups excluding carboxylic acids is 1. The molecule has 0 atom stereocenters. The maximum atomic E-state index is 11.9. The second-order valence-corrected chi connectivity index (χ2v) is 5.29. The van der Waals surface area contributed by atoms with Crippen LogP contribution in [0.1, 0.15) is 5.56 Å². The summed E-state index contributed by atoms with van der Waals surface area (Å²) in [6.45, 7) is -0.269. The lowest BCUT2D eigenvalue weighted by atomic mass is 10.2. The number of benzene rings is 2. The van der Waals surface area contributed by atoms with Gasteiger partial charge in [-0.15, -0.1) is 0 Å². The second-order valence-electron chi connectivity index (χ2n) is 4.45. The summed E-state index contributed by atoms with van der Waals surface area (Å²) in [4.78, 5) is 11.9. The van der Waals surface area contributed by atoms with Crippen molar-refractivity contribution in [3.8, 4) is 17.6 Å². The van der Waals surface area contributed by atoms with Gasteiger partial charge in [0.2, 0.25) is 0 Å². The highest BCUT2D eigenvalue weighted by atomic mass is 35.5. The maximum Gasteiger partial charge on any atom is 0.262 e. The molecule has 0 saturated carbocycles. The summed E-state index contributed by atoms with van der Waals surface area (Å²) in [5.41, 5.74) is 0.895. The summed E-state index contributed by atoms with van der Waals surface area (Å²) in [7, 11) is 1.42. The van der Waals surface area contributed by atoms with Crippen LogP contribution >= 0.6 is 23.2 Å². The molecule has 2 aromatic carbocycles. The monoisotopic (exact) mass is 350 g/mol. The Morgan fingerprint density at radius 2 is 2.09 bits per heavy atom. The van der Waals surface area contributed by atoms with E-state index in [2.05, 4.69) is 5.32 Å².